The second-order valence-electron chi connectivity index (χ2n) is 20.9. The zero-order valence-electron chi connectivity index (χ0n) is 51.5. The smallest absolute Gasteiger partial charge is 0.306 e. The van der Waals surface area contributed by atoms with Gasteiger partial charge in [-0.25, -0.2) is 0 Å². The fourth-order valence-electron chi connectivity index (χ4n) is 8.43. The molecule has 0 aromatic carbocycles. The monoisotopic (exact) mass is 1100 g/mol. The molecular weight excluding hydrogens is 985 g/mol. The van der Waals surface area contributed by atoms with Crippen molar-refractivity contribution in [2.24, 2.45) is 0 Å². The number of rotatable bonds is 57. The third kappa shape index (κ3) is 63.9. The minimum Gasteiger partial charge on any atom is -0.462 e. The number of hydrogen-bond acceptors (Lipinski definition) is 6. The molecule has 0 spiro atoms. The van der Waals surface area contributed by atoms with Crippen molar-refractivity contribution in [3.63, 3.8) is 0 Å². The minimum atomic E-state index is -0.807. The van der Waals surface area contributed by atoms with Crippen molar-refractivity contribution in [2.75, 3.05) is 13.2 Å². The van der Waals surface area contributed by atoms with Gasteiger partial charge in [0.2, 0.25) is 0 Å². The lowest BCUT2D eigenvalue weighted by atomic mass is 10.1. The molecule has 0 heterocycles. The van der Waals surface area contributed by atoms with Crippen LogP contribution < -0.4 is 0 Å². The number of carbonyl (C=O) groups is 3. The normalized spacial score (nSPS) is 13.2. The summed E-state index contributed by atoms with van der Waals surface area (Å²) < 4.78 is 16.9. The van der Waals surface area contributed by atoms with E-state index in [0.29, 0.717) is 19.3 Å². The highest BCUT2D eigenvalue weighted by Crippen LogP contribution is 2.14. The Morgan fingerprint density at radius 1 is 0.263 bits per heavy atom. The largest absolute Gasteiger partial charge is 0.462 e. The number of carbonyl (C=O) groups excluding carboxylic acids is 3. The molecule has 0 aliphatic heterocycles. The second-order valence-corrected chi connectivity index (χ2v) is 20.9. The molecule has 6 nitrogen and oxygen atoms in total. The van der Waals surface area contributed by atoms with Gasteiger partial charge in [-0.1, -0.05) is 269 Å². The van der Waals surface area contributed by atoms with Gasteiger partial charge in [0, 0.05) is 19.3 Å². The molecule has 1 unspecified atom stereocenters. The van der Waals surface area contributed by atoms with Gasteiger partial charge in [0.05, 0.1) is 0 Å². The van der Waals surface area contributed by atoms with Crippen molar-refractivity contribution in [1.29, 1.82) is 0 Å². The maximum absolute atomic E-state index is 12.9. The zero-order chi connectivity index (χ0) is 57.8. The summed E-state index contributed by atoms with van der Waals surface area (Å²) in [4.78, 5) is 38.4. The summed E-state index contributed by atoms with van der Waals surface area (Å²) in [6, 6.07) is 0. The molecule has 0 fully saturated rings. The van der Waals surface area contributed by atoms with Crippen LogP contribution in [0.1, 0.15) is 271 Å². The molecule has 0 saturated heterocycles. The first-order valence-electron chi connectivity index (χ1n) is 32.5. The highest BCUT2D eigenvalue weighted by Gasteiger charge is 2.19. The fourth-order valence-corrected chi connectivity index (χ4v) is 8.43. The molecule has 80 heavy (non-hydrogen) atoms. The van der Waals surface area contributed by atoms with Gasteiger partial charge in [-0.2, -0.15) is 0 Å². The highest BCUT2D eigenvalue weighted by atomic mass is 16.6. The van der Waals surface area contributed by atoms with E-state index < -0.39 is 6.10 Å². The highest BCUT2D eigenvalue weighted by molar-refractivity contribution is 5.71. The van der Waals surface area contributed by atoms with E-state index in [1.54, 1.807) is 0 Å². The Labute approximate surface area is 492 Å². The SMILES string of the molecule is CC/C=C\C/C=C\C/C=C\C/C=C\C/C=C\C/C=C\CCCCCCCCCCC(=O)OCC(COC(=O)CCCCCCC/C=C\C/C=C\CCCC)OC(=O)CCCCCCC/C=C\C/C=C\C/C=C\C/C=C\C/C=C\CC. The maximum atomic E-state index is 12.9. The van der Waals surface area contributed by atoms with E-state index >= 15 is 0 Å². The molecular formula is C74H118O6. The van der Waals surface area contributed by atoms with Gasteiger partial charge in [-0.3, -0.25) is 14.4 Å². The standard InChI is InChI=1S/C74H118O6/c1-4-7-10-13-16-19-22-25-28-30-32-34-35-36-37-38-39-41-42-44-46-49-52-55-58-61-64-67-73(76)79-70-71(69-78-72(75)66-63-60-57-54-51-48-27-24-21-18-15-12-9-6-3)80-74(77)68-65-62-59-56-53-50-47-45-43-40-33-31-29-26-23-20-17-14-11-8-5-2/h7-8,10-11,15-20,24-29,32-34,36-37,39-41,45,47,71H,4-6,9,12-14,21-23,30-31,35,38,42-44,46,48-70H2,1-3H3/b10-7-,11-8-,18-15-,19-16-,20-17-,27-24-,28-25-,29-26-,34-32-,37-36-,40-33-,41-39-,47-45-. The molecule has 0 aliphatic carbocycles. The number of allylic oxidation sites excluding steroid dienone is 26. The predicted molar refractivity (Wildman–Crippen MR) is 348 cm³/mol. The molecule has 0 rings (SSSR count). The molecule has 450 valence electrons. The van der Waals surface area contributed by atoms with E-state index in [2.05, 4.69) is 179 Å². The van der Waals surface area contributed by atoms with Gasteiger partial charge in [-0.15, -0.1) is 0 Å². The Hall–Kier alpha value is -4.97. The molecule has 0 amide bonds. The van der Waals surface area contributed by atoms with Crippen LogP contribution in [0, 0.1) is 0 Å². The van der Waals surface area contributed by atoms with E-state index in [1.165, 1.54) is 51.4 Å². The Morgan fingerprint density at radius 2 is 0.487 bits per heavy atom. The Morgan fingerprint density at radius 3 is 0.762 bits per heavy atom. The van der Waals surface area contributed by atoms with Crippen LogP contribution >= 0.6 is 0 Å². The lowest BCUT2D eigenvalue weighted by molar-refractivity contribution is -0.167. The molecule has 0 radical (unpaired) electrons. The third-order valence-corrected chi connectivity index (χ3v) is 13.2. The maximum Gasteiger partial charge on any atom is 0.306 e. The molecule has 0 saturated carbocycles. The molecule has 0 aliphatic rings. The van der Waals surface area contributed by atoms with Gasteiger partial charge in [0.25, 0.3) is 0 Å². The molecule has 0 bridgehead atoms. The first-order valence-corrected chi connectivity index (χ1v) is 32.5. The Bertz CT molecular complexity index is 1790. The average Bonchev–Trinajstić information content (AvgIpc) is 3.46. The zero-order valence-corrected chi connectivity index (χ0v) is 51.5. The lowest BCUT2D eigenvalue weighted by Gasteiger charge is -2.18. The summed E-state index contributed by atoms with van der Waals surface area (Å²) in [5.41, 5.74) is 0. The van der Waals surface area contributed by atoms with Gasteiger partial charge in [0.1, 0.15) is 13.2 Å². The van der Waals surface area contributed by atoms with Crippen LogP contribution in [0.4, 0.5) is 0 Å². The van der Waals surface area contributed by atoms with E-state index in [4.69, 9.17) is 14.2 Å². The van der Waals surface area contributed by atoms with E-state index in [9.17, 15) is 14.4 Å². The molecule has 0 aromatic rings. The molecule has 1 atom stereocenters. The summed E-state index contributed by atoms with van der Waals surface area (Å²) in [5, 5.41) is 0. The summed E-state index contributed by atoms with van der Waals surface area (Å²) >= 11 is 0. The van der Waals surface area contributed by atoms with Gasteiger partial charge in [-0.05, 0) is 141 Å². The van der Waals surface area contributed by atoms with Crippen LogP contribution in [0.25, 0.3) is 0 Å². The first kappa shape index (κ1) is 75.0. The molecule has 0 N–H and O–H groups in total. The summed E-state index contributed by atoms with van der Waals surface area (Å²) in [5.74, 6) is -0.944. The molecule has 6 heteroatoms. The van der Waals surface area contributed by atoms with Gasteiger partial charge in [0.15, 0.2) is 6.10 Å². The van der Waals surface area contributed by atoms with Crippen molar-refractivity contribution >= 4 is 17.9 Å². The Balaban J connectivity index is 4.43. The molecule has 0 aromatic heterocycles. The first-order chi connectivity index (χ1) is 39.5. The summed E-state index contributed by atoms with van der Waals surface area (Å²) in [7, 11) is 0. The summed E-state index contributed by atoms with van der Waals surface area (Å²) in [6.45, 7) is 6.34. The quantitative estimate of drug-likeness (QED) is 0.0261. The van der Waals surface area contributed by atoms with Crippen molar-refractivity contribution in [2.45, 2.75) is 277 Å². The van der Waals surface area contributed by atoms with Crippen LogP contribution in [0.15, 0.2) is 158 Å². The van der Waals surface area contributed by atoms with Crippen LogP contribution in [-0.2, 0) is 28.6 Å². The van der Waals surface area contributed by atoms with Crippen LogP contribution in [0.5, 0.6) is 0 Å². The van der Waals surface area contributed by atoms with Gasteiger partial charge >= 0.3 is 17.9 Å². The number of esters is 3. The van der Waals surface area contributed by atoms with E-state index in [-0.39, 0.29) is 31.1 Å². The number of hydrogen-bond donors (Lipinski definition) is 0. The van der Waals surface area contributed by atoms with Crippen molar-refractivity contribution in [1.82, 2.24) is 0 Å². The van der Waals surface area contributed by atoms with Gasteiger partial charge < -0.3 is 14.2 Å². The van der Waals surface area contributed by atoms with Crippen LogP contribution in [0.3, 0.4) is 0 Å². The third-order valence-electron chi connectivity index (χ3n) is 13.2. The van der Waals surface area contributed by atoms with Crippen molar-refractivity contribution in [3.8, 4) is 0 Å². The van der Waals surface area contributed by atoms with Crippen molar-refractivity contribution in [3.05, 3.63) is 158 Å². The minimum absolute atomic E-state index is 0.101. The second kappa shape index (κ2) is 66.5. The lowest BCUT2D eigenvalue weighted by Crippen LogP contribution is -2.30. The van der Waals surface area contributed by atoms with E-state index in [0.717, 1.165) is 180 Å². The Kier molecular flexibility index (Phi) is 62.4. The van der Waals surface area contributed by atoms with Crippen LogP contribution in [-0.4, -0.2) is 37.2 Å². The van der Waals surface area contributed by atoms with Crippen LogP contribution in [0.2, 0.25) is 0 Å². The fraction of sp³-hybridized carbons (Fsp3) is 0.608. The van der Waals surface area contributed by atoms with E-state index in [1.807, 2.05) is 0 Å². The summed E-state index contributed by atoms with van der Waals surface area (Å²) in [6.07, 6.45) is 96.7. The predicted octanol–water partition coefficient (Wildman–Crippen LogP) is 22.5. The average molecular weight is 1100 g/mol. The number of unbranched alkanes of at least 4 members (excludes halogenated alkanes) is 20. The topological polar surface area (TPSA) is 78.9 Å². The number of ether oxygens (including phenoxy) is 3. The van der Waals surface area contributed by atoms with Crippen molar-refractivity contribution < 1.29 is 28.6 Å².